The lowest BCUT2D eigenvalue weighted by Gasteiger charge is -2.19. The third kappa shape index (κ3) is 3.31. The van der Waals surface area contributed by atoms with Crippen molar-refractivity contribution in [1.29, 1.82) is 5.26 Å². The van der Waals surface area contributed by atoms with E-state index in [9.17, 15) is 18.4 Å². The standard InChI is InChI=1S/C17H16F2N4O2/c1-10-2-3-14-12(4-10)13(7-21-14)16(25)22-8-15(24)23-9-17(18,19)5-11(23)6-20/h2-4,7,11,21H,5,8-9H2,1H3,(H,22,25)/t11-/m0/s1. The van der Waals surface area contributed by atoms with Crippen molar-refractivity contribution in [3.63, 3.8) is 0 Å². The van der Waals surface area contributed by atoms with Crippen LogP contribution < -0.4 is 5.32 Å². The largest absolute Gasteiger partial charge is 0.360 e. The Morgan fingerprint density at radius 1 is 1.48 bits per heavy atom. The molecule has 8 heteroatoms. The number of aromatic nitrogens is 1. The van der Waals surface area contributed by atoms with Crippen molar-refractivity contribution in [2.24, 2.45) is 0 Å². The number of hydrogen-bond donors (Lipinski definition) is 2. The van der Waals surface area contributed by atoms with Crippen LogP contribution in [-0.4, -0.2) is 46.8 Å². The highest BCUT2D eigenvalue weighted by Crippen LogP contribution is 2.31. The van der Waals surface area contributed by atoms with Gasteiger partial charge in [0.1, 0.15) is 6.04 Å². The van der Waals surface area contributed by atoms with Gasteiger partial charge in [-0.15, -0.1) is 0 Å². The number of likely N-dealkylation sites (tertiary alicyclic amines) is 1. The number of carbonyl (C=O) groups is 2. The highest BCUT2D eigenvalue weighted by Gasteiger charge is 2.47. The normalized spacial score (nSPS) is 19.0. The second kappa shape index (κ2) is 6.16. The van der Waals surface area contributed by atoms with Gasteiger partial charge in [-0.2, -0.15) is 5.26 Å². The van der Waals surface area contributed by atoms with Gasteiger partial charge in [-0.1, -0.05) is 11.6 Å². The van der Waals surface area contributed by atoms with Gasteiger partial charge in [0.25, 0.3) is 11.8 Å². The van der Waals surface area contributed by atoms with Crippen LogP contribution in [0.25, 0.3) is 10.9 Å². The number of H-pyrrole nitrogens is 1. The Morgan fingerprint density at radius 3 is 2.96 bits per heavy atom. The number of aryl methyl sites for hydroxylation is 1. The Bertz CT molecular complexity index is 884. The quantitative estimate of drug-likeness (QED) is 0.890. The molecule has 1 saturated heterocycles. The van der Waals surface area contributed by atoms with Crippen molar-refractivity contribution in [3.05, 3.63) is 35.5 Å². The molecule has 0 unspecified atom stereocenters. The predicted molar refractivity (Wildman–Crippen MR) is 86.0 cm³/mol. The first-order valence-corrected chi connectivity index (χ1v) is 7.73. The van der Waals surface area contributed by atoms with Gasteiger partial charge in [0, 0.05) is 23.5 Å². The van der Waals surface area contributed by atoms with E-state index in [1.54, 1.807) is 6.07 Å². The van der Waals surface area contributed by atoms with Gasteiger partial charge in [-0.25, -0.2) is 8.78 Å². The lowest BCUT2D eigenvalue weighted by Crippen LogP contribution is -2.42. The summed E-state index contributed by atoms with van der Waals surface area (Å²) in [6.45, 7) is 0.658. The Hall–Kier alpha value is -2.95. The Morgan fingerprint density at radius 2 is 2.24 bits per heavy atom. The fraction of sp³-hybridized carbons (Fsp3) is 0.353. The number of hydrogen-bond acceptors (Lipinski definition) is 3. The van der Waals surface area contributed by atoms with Crippen molar-refractivity contribution in [3.8, 4) is 6.07 Å². The summed E-state index contributed by atoms with van der Waals surface area (Å²) in [6, 6.07) is 6.12. The van der Waals surface area contributed by atoms with E-state index in [0.29, 0.717) is 10.9 Å². The molecule has 1 aliphatic rings. The molecule has 2 N–H and O–H groups in total. The Kier molecular flexibility index (Phi) is 4.17. The van der Waals surface area contributed by atoms with Gasteiger partial charge >= 0.3 is 0 Å². The van der Waals surface area contributed by atoms with Crippen molar-refractivity contribution in [1.82, 2.24) is 15.2 Å². The number of alkyl halides is 2. The first-order chi connectivity index (χ1) is 11.8. The van der Waals surface area contributed by atoms with Crippen molar-refractivity contribution < 1.29 is 18.4 Å². The number of halogens is 2. The van der Waals surface area contributed by atoms with E-state index in [-0.39, 0.29) is 0 Å². The number of benzene rings is 1. The molecule has 130 valence electrons. The summed E-state index contributed by atoms with van der Waals surface area (Å²) in [6.07, 6.45) is 0.858. The zero-order chi connectivity index (χ0) is 18.2. The van der Waals surface area contributed by atoms with Gasteiger partial charge in [0.05, 0.1) is 24.7 Å². The lowest BCUT2D eigenvalue weighted by atomic mass is 10.1. The number of amides is 2. The number of carbonyl (C=O) groups excluding carboxylic acids is 2. The van der Waals surface area contributed by atoms with Gasteiger partial charge in [-0.3, -0.25) is 9.59 Å². The third-order valence-corrected chi connectivity index (χ3v) is 4.22. The van der Waals surface area contributed by atoms with Gasteiger partial charge < -0.3 is 15.2 Å². The van der Waals surface area contributed by atoms with Crippen LogP contribution in [0.3, 0.4) is 0 Å². The minimum absolute atomic E-state index is 0.370. The van der Waals surface area contributed by atoms with E-state index >= 15 is 0 Å². The minimum Gasteiger partial charge on any atom is -0.360 e. The summed E-state index contributed by atoms with van der Waals surface area (Å²) in [5.41, 5.74) is 2.13. The first kappa shape index (κ1) is 16.9. The fourth-order valence-corrected chi connectivity index (χ4v) is 2.97. The number of rotatable bonds is 3. The molecule has 2 aromatic rings. The molecule has 1 aliphatic heterocycles. The molecule has 1 fully saturated rings. The van der Waals surface area contributed by atoms with Crippen LogP contribution in [0.4, 0.5) is 8.78 Å². The van der Waals surface area contributed by atoms with Crippen molar-refractivity contribution in [2.75, 3.05) is 13.1 Å². The van der Waals surface area contributed by atoms with Crippen LogP contribution in [0.15, 0.2) is 24.4 Å². The summed E-state index contributed by atoms with van der Waals surface area (Å²) in [4.78, 5) is 28.2. The van der Waals surface area contributed by atoms with Crippen LogP contribution in [0.1, 0.15) is 22.3 Å². The summed E-state index contributed by atoms with van der Waals surface area (Å²) in [5, 5.41) is 12.1. The topological polar surface area (TPSA) is 89.0 Å². The van der Waals surface area contributed by atoms with E-state index in [4.69, 9.17) is 5.26 Å². The maximum absolute atomic E-state index is 13.4. The van der Waals surface area contributed by atoms with Crippen LogP contribution >= 0.6 is 0 Å². The third-order valence-electron chi connectivity index (χ3n) is 4.22. The van der Waals surface area contributed by atoms with E-state index in [0.717, 1.165) is 16.0 Å². The van der Waals surface area contributed by atoms with E-state index in [1.165, 1.54) is 6.20 Å². The molecule has 2 heterocycles. The monoisotopic (exact) mass is 346 g/mol. The van der Waals surface area contributed by atoms with Crippen LogP contribution in [-0.2, 0) is 4.79 Å². The fourth-order valence-electron chi connectivity index (χ4n) is 2.97. The molecule has 0 saturated carbocycles. The van der Waals surface area contributed by atoms with Crippen LogP contribution in [0.5, 0.6) is 0 Å². The van der Waals surface area contributed by atoms with E-state index in [2.05, 4.69) is 10.3 Å². The smallest absolute Gasteiger partial charge is 0.268 e. The van der Waals surface area contributed by atoms with Gasteiger partial charge in [0.15, 0.2) is 0 Å². The highest BCUT2D eigenvalue weighted by molar-refractivity contribution is 6.07. The number of nitriles is 1. The van der Waals surface area contributed by atoms with Crippen LogP contribution in [0.2, 0.25) is 0 Å². The summed E-state index contributed by atoms with van der Waals surface area (Å²) < 4.78 is 26.8. The average Bonchev–Trinajstić information content (AvgIpc) is 3.12. The first-order valence-electron chi connectivity index (χ1n) is 7.73. The number of aromatic amines is 1. The molecule has 25 heavy (non-hydrogen) atoms. The zero-order valence-electron chi connectivity index (χ0n) is 13.5. The molecule has 0 bridgehead atoms. The molecular formula is C17H16F2N4O2. The molecule has 1 aromatic carbocycles. The SMILES string of the molecule is Cc1ccc2[nH]cc(C(=O)NCC(=O)N3CC(F)(F)C[C@H]3C#N)c2c1. The Balaban J connectivity index is 1.69. The summed E-state index contributed by atoms with van der Waals surface area (Å²) >= 11 is 0. The zero-order valence-corrected chi connectivity index (χ0v) is 13.5. The molecule has 2 amide bonds. The Labute approximate surface area is 142 Å². The van der Waals surface area contributed by atoms with Gasteiger partial charge in [-0.05, 0) is 19.1 Å². The molecule has 0 radical (unpaired) electrons. The molecule has 6 nitrogen and oxygen atoms in total. The summed E-state index contributed by atoms with van der Waals surface area (Å²) in [5.74, 6) is -4.26. The second-order valence-electron chi connectivity index (χ2n) is 6.16. The molecule has 1 aromatic heterocycles. The summed E-state index contributed by atoms with van der Waals surface area (Å²) in [7, 11) is 0. The lowest BCUT2D eigenvalue weighted by molar-refractivity contribution is -0.131. The van der Waals surface area contributed by atoms with Crippen molar-refractivity contribution >= 4 is 22.7 Å². The maximum Gasteiger partial charge on any atom is 0.268 e. The number of fused-ring (bicyclic) bond motifs is 1. The molecular weight excluding hydrogens is 330 g/mol. The predicted octanol–water partition coefficient (Wildman–Crippen LogP) is 1.97. The minimum atomic E-state index is -3.07. The van der Waals surface area contributed by atoms with E-state index < -0.39 is 43.3 Å². The average molecular weight is 346 g/mol. The van der Waals surface area contributed by atoms with Crippen LogP contribution in [0, 0.1) is 18.3 Å². The van der Waals surface area contributed by atoms with Crippen molar-refractivity contribution in [2.45, 2.75) is 25.3 Å². The van der Waals surface area contributed by atoms with E-state index in [1.807, 2.05) is 25.1 Å². The number of nitrogens with one attached hydrogen (secondary N) is 2. The highest BCUT2D eigenvalue weighted by atomic mass is 19.3. The molecule has 1 atom stereocenters. The second-order valence-corrected chi connectivity index (χ2v) is 6.16. The maximum atomic E-state index is 13.4. The van der Waals surface area contributed by atoms with Gasteiger partial charge in [0.2, 0.25) is 5.91 Å². The molecule has 0 aliphatic carbocycles. The molecule has 0 spiro atoms. The molecule has 3 rings (SSSR count). The number of nitrogens with zero attached hydrogens (tertiary/aromatic N) is 2.